The number of aryl methyl sites for hydroxylation is 1. The maximum absolute atomic E-state index is 10.8. The summed E-state index contributed by atoms with van der Waals surface area (Å²) in [6, 6.07) is 31.5. The second-order valence-corrected chi connectivity index (χ2v) is 7.68. The lowest BCUT2D eigenvalue weighted by Gasteiger charge is -2.37. The van der Waals surface area contributed by atoms with E-state index in [-0.39, 0.29) is 6.42 Å². The van der Waals surface area contributed by atoms with Crippen LogP contribution in [0.2, 0.25) is 0 Å². The molecule has 0 unspecified atom stereocenters. The van der Waals surface area contributed by atoms with Gasteiger partial charge in [0.25, 0.3) is 0 Å². The molecular formula is C27H26N2O2. The quantitative estimate of drug-likeness (QED) is 0.292. The van der Waals surface area contributed by atoms with Crippen LogP contribution in [-0.4, -0.2) is 20.6 Å². The van der Waals surface area contributed by atoms with Gasteiger partial charge in [0.05, 0.1) is 12.0 Å². The Morgan fingerprint density at radius 2 is 1.26 bits per heavy atom. The number of carboxylic acids is 1. The van der Waals surface area contributed by atoms with Crippen molar-refractivity contribution in [1.29, 1.82) is 0 Å². The lowest BCUT2D eigenvalue weighted by atomic mass is 9.77. The molecule has 0 radical (unpaired) electrons. The fourth-order valence-electron chi connectivity index (χ4n) is 4.24. The maximum atomic E-state index is 10.8. The molecule has 0 atom stereocenters. The highest BCUT2D eigenvalue weighted by atomic mass is 16.4. The molecule has 31 heavy (non-hydrogen) atoms. The van der Waals surface area contributed by atoms with Crippen molar-refractivity contribution in [2.45, 2.75) is 31.2 Å². The van der Waals surface area contributed by atoms with Crippen molar-refractivity contribution < 1.29 is 9.90 Å². The van der Waals surface area contributed by atoms with Crippen LogP contribution in [0.3, 0.4) is 0 Å². The molecule has 1 N–H and O–H groups in total. The number of aliphatic carboxylic acids is 1. The van der Waals surface area contributed by atoms with Gasteiger partial charge in [-0.1, -0.05) is 91.0 Å². The normalized spacial score (nSPS) is 11.4. The molecule has 1 heterocycles. The minimum Gasteiger partial charge on any atom is -0.481 e. The van der Waals surface area contributed by atoms with Gasteiger partial charge in [-0.2, -0.15) is 0 Å². The average Bonchev–Trinajstić information content (AvgIpc) is 3.28. The van der Waals surface area contributed by atoms with Crippen molar-refractivity contribution >= 4 is 5.97 Å². The second kappa shape index (κ2) is 9.43. The minimum atomic E-state index is -0.748. The molecule has 4 aromatic rings. The number of nitrogens with zero attached hydrogens (tertiary/aromatic N) is 2. The Kier molecular flexibility index (Phi) is 6.27. The van der Waals surface area contributed by atoms with Gasteiger partial charge in [0.2, 0.25) is 0 Å². The number of aromatic nitrogens is 2. The minimum absolute atomic E-state index is 0.197. The highest BCUT2D eigenvalue weighted by Crippen LogP contribution is 2.40. The summed E-state index contributed by atoms with van der Waals surface area (Å²) in [5.41, 5.74) is 3.88. The van der Waals surface area contributed by atoms with Crippen LogP contribution in [0.25, 0.3) is 0 Å². The van der Waals surface area contributed by atoms with Gasteiger partial charge in [-0.3, -0.25) is 4.79 Å². The molecule has 0 amide bonds. The van der Waals surface area contributed by atoms with E-state index in [1.54, 1.807) is 0 Å². The summed E-state index contributed by atoms with van der Waals surface area (Å²) in [4.78, 5) is 15.5. The second-order valence-electron chi connectivity index (χ2n) is 7.68. The van der Waals surface area contributed by atoms with Crippen molar-refractivity contribution in [1.82, 2.24) is 9.55 Å². The first-order valence-corrected chi connectivity index (χ1v) is 10.6. The molecule has 0 fully saturated rings. The number of hydrogen-bond donors (Lipinski definition) is 1. The Labute approximate surface area is 182 Å². The molecule has 0 bridgehead atoms. The number of carbonyl (C=O) groups is 1. The van der Waals surface area contributed by atoms with E-state index in [4.69, 9.17) is 10.1 Å². The molecule has 1 aromatic heterocycles. The number of imidazole rings is 1. The van der Waals surface area contributed by atoms with E-state index >= 15 is 0 Å². The smallest absolute Gasteiger partial charge is 0.303 e. The third-order valence-corrected chi connectivity index (χ3v) is 5.67. The van der Waals surface area contributed by atoms with E-state index in [0.717, 1.165) is 35.2 Å². The Bertz CT molecular complexity index is 1010. The van der Waals surface area contributed by atoms with E-state index in [2.05, 4.69) is 83.6 Å². The molecule has 0 aliphatic carbocycles. The Morgan fingerprint density at radius 1 is 0.774 bits per heavy atom. The van der Waals surface area contributed by atoms with Crippen molar-refractivity contribution in [2.75, 3.05) is 0 Å². The zero-order valence-corrected chi connectivity index (χ0v) is 17.4. The van der Waals surface area contributed by atoms with Gasteiger partial charge in [0.15, 0.2) is 0 Å². The molecule has 0 aliphatic rings. The molecule has 156 valence electrons. The maximum Gasteiger partial charge on any atom is 0.303 e. The van der Waals surface area contributed by atoms with E-state index in [0.29, 0.717) is 6.42 Å². The lowest BCUT2D eigenvalue weighted by Crippen LogP contribution is -2.36. The van der Waals surface area contributed by atoms with Crippen LogP contribution in [-0.2, 0) is 16.8 Å². The van der Waals surface area contributed by atoms with Crippen molar-refractivity contribution in [3.8, 4) is 0 Å². The van der Waals surface area contributed by atoms with Gasteiger partial charge in [-0.15, -0.1) is 0 Å². The van der Waals surface area contributed by atoms with Crippen LogP contribution in [0, 0.1) is 0 Å². The molecule has 0 spiro atoms. The van der Waals surface area contributed by atoms with Gasteiger partial charge in [0.1, 0.15) is 5.54 Å². The average molecular weight is 411 g/mol. The van der Waals surface area contributed by atoms with Crippen molar-refractivity contribution in [2.24, 2.45) is 0 Å². The van der Waals surface area contributed by atoms with E-state index in [1.165, 1.54) is 0 Å². The predicted molar refractivity (Wildman–Crippen MR) is 122 cm³/mol. The summed E-state index contributed by atoms with van der Waals surface area (Å²) in [7, 11) is 0. The van der Waals surface area contributed by atoms with Crippen LogP contribution in [0.15, 0.2) is 104 Å². The van der Waals surface area contributed by atoms with Crippen LogP contribution in [0.5, 0.6) is 0 Å². The lowest BCUT2D eigenvalue weighted by molar-refractivity contribution is -0.137. The number of rotatable bonds is 9. The summed E-state index contributed by atoms with van der Waals surface area (Å²) in [5, 5.41) is 8.88. The fraction of sp³-hybridized carbons (Fsp3) is 0.185. The summed E-state index contributed by atoms with van der Waals surface area (Å²) in [6.07, 6.45) is 6.42. The van der Waals surface area contributed by atoms with Gasteiger partial charge in [-0.25, -0.2) is 4.98 Å². The largest absolute Gasteiger partial charge is 0.481 e. The fourth-order valence-corrected chi connectivity index (χ4v) is 4.24. The molecule has 0 saturated heterocycles. The number of unbranched alkanes of at least 4 members (excludes halogenated alkanes) is 1. The van der Waals surface area contributed by atoms with Crippen LogP contribution < -0.4 is 0 Å². The summed E-state index contributed by atoms with van der Waals surface area (Å²) in [6.45, 7) is 0. The summed E-state index contributed by atoms with van der Waals surface area (Å²) < 4.78 is 2.19. The first-order valence-electron chi connectivity index (χ1n) is 10.6. The van der Waals surface area contributed by atoms with Crippen molar-refractivity contribution in [3.05, 3.63) is 126 Å². The predicted octanol–water partition coefficient (Wildman–Crippen LogP) is 5.52. The van der Waals surface area contributed by atoms with Gasteiger partial charge >= 0.3 is 5.97 Å². The highest BCUT2D eigenvalue weighted by Gasteiger charge is 2.38. The molecular weight excluding hydrogens is 384 g/mol. The Morgan fingerprint density at radius 3 is 1.71 bits per heavy atom. The number of hydrogen-bond acceptors (Lipinski definition) is 2. The SMILES string of the molecule is O=C(O)CCCCc1cn(C(c2ccccc2)(c2ccccc2)c2ccccc2)cn1. The molecule has 0 saturated carbocycles. The molecule has 0 aliphatic heterocycles. The summed E-state index contributed by atoms with van der Waals surface area (Å²) in [5.74, 6) is -0.748. The van der Waals surface area contributed by atoms with Crippen LogP contribution in [0.4, 0.5) is 0 Å². The van der Waals surface area contributed by atoms with Gasteiger partial charge < -0.3 is 9.67 Å². The topological polar surface area (TPSA) is 55.1 Å². The zero-order chi connectivity index (χ0) is 21.5. The third-order valence-electron chi connectivity index (χ3n) is 5.67. The molecule has 4 rings (SSSR count). The molecule has 3 aromatic carbocycles. The standard InChI is InChI=1S/C27H26N2O2/c30-26(31)19-11-10-18-25-20-29(21-28-25)27(22-12-4-1-5-13-22,23-14-6-2-7-15-23)24-16-8-3-9-17-24/h1-9,12-17,20-21H,10-11,18-19H2,(H,30,31). The van der Waals surface area contributed by atoms with Gasteiger partial charge in [0, 0.05) is 12.6 Å². The first-order chi connectivity index (χ1) is 15.2. The summed E-state index contributed by atoms with van der Waals surface area (Å²) >= 11 is 0. The Balaban J connectivity index is 1.83. The molecule has 4 heteroatoms. The van der Waals surface area contributed by atoms with Gasteiger partial charge in [-0.05, 0) is 36.0 Å². The van der Waals surface area contributed by atoms with Crippen LogP contribution in [0.1, 0.15) is 41.6 Å². The van der Waals surface area contributed by atoms with E-state index in [9.17, 15) is 4.79 Å². The highest BCUT2D eigenvalue weighted by molar-refractivity contribution is 5.66. The molecule has 4 nitrogen and oxygen atoms in total. The number of benzene rings is 3. The monoisotopic (exact) mass is 410 g/mol. The third kappa shape index (κ3) is 4.29. The number of carboxylic acid groups (broad SMARTS) is 1. The Hall–Kier alpha value is -3.66. The van der Waals surface area contributed by atoms with Crippen LogP contribution >= 0.6 is 0 Å². The van der Waals surface area contributed by atoms with E-state index < -0.39 is 11.5 Å². The van der Waals surface area contributed by atoms with Crippen molar-refractivity contribution in [3.63, 3.8) is 0 Å². The first kappa shape index (κ1) is 20.6. The van der Waals surface area contributed by atoms with E-state index in [1.807, 2.05) is 24.5 Å². The zero-order valence-electron chi connectivity index (χ0n) is 17.4.